The van der Waals surface area contributed by atoms with Crippen molar-refractivity contribution in [3.63, 3.8) is 0 Å². The molecule has 26 heavy (non-hydrogen) atoms. The van der Waals surface area contributed by atoms with Crippen LogP contribution in [0.4, 0.5) is 0 Å². The number of carbonyl (C=O) groups excluding carboxylic acids is 1. The summed E-state index contributed by atoms with van der Waals surface area (Å²) < 4.78 is 16.4. The molecular weight excluding hydrogens is 379 g/mol. The van der Waals surface area contributed by atoms with Gasteiger partial charge in [-0.1, -0.05) is 23.2 Å². The first kappa shape index (κ1) is 18.4. The number of rotatable bonds is 5. The third-order valence-electron chi connectivity index (χ3n) is 3.52. The number of nitrogens with one attached hydrogen (secondary N) is 1. The first-order valence-corrected chi connectivity index (χ1v) is 8.58. The molecule has 1 aliphatic heterocycles. The minimum Gasteiger partial charge on any atom is -0.486 e. The highest BCUT2D eigenvalue weighted by Gasteiger charge is 2.16. The number of aryl methyl sites for hydroxylation is 1. The van der Waals surface area contributed by atoms with Crippen LogP contribution in [0.1, 0.15) is 11.1 Å². The lowest BCUT2D eigenvalue weighted by atomic mass is 10.2. The molecule has 0 radical (unpaired) electrons. The Labute approximate surface area is 160 Å². The fourth-order valence-corrected chi connectivity index (χ4v) is 2.83. The summed E-state index contributed by atoms with van der Waals surface area (Å²) in [4.78, 5) is 11.8. The second kappa shape index (κ2) is 8.29. The number of benzene rings is 2. The predicted octanol–water partition coefficient (Wildman–Crippen LogP) is 3.60. The summed E-state index contributed by atoms with van der Waals surface area (Å²) in [5.74, 6) is 1.27. The smallest absolute Gasteiger partial charge is 0.277 e. The van der Waals surface area contributed by atoms with Gasteiger partial charge >= 0.3 is 0 Å². The first-order valence-electron chi connectivity index (χ1n) is 7.83. The van der Waals surface area contributed by atoms with E-state index in [2.05, 4.69) is 10.5 Å². The summed E-state index contributed by atoms with van der Waals surface area (Å²) in [7, 11) is 0. The Balaban J connectivity index is 1.55. The molecule has 1 heterocycles. The Hall–Kier alpha value is -2.44. The number of ether oxygens (including phenoxy) is 3. The number of hydrogen-bond donors (Lipinski definition) is 1. The maximum Gasteiger partial charge on any atom is 0.277 e. The molecule has 8 heteroatoms. The van der Waals surface area contributed by atoms with Crippen molar-refractivity contribution in [1.29, 1.82) is 0 Å². The van der Waals surface area contributed by atoms with Crippen molar-refractivity contribution in [2.24, 2.45) is 5.10 Å². The fourth-order valence-electron chi connectivity index (χ4n) is 2.33. The molecule has 2 aromatic rings. The average Bonchev–Trinajstić information content (AvgIpc) is 2.61. The van der Waals surface area contributed by atoms with Gasteiger partial charge in [-0.05, 0) is 48.4 Å². The van der Waals surface area contributed by atoms with Gasteiger partial charge in [0.05, 0.1) is 11.2 Å². The van der Waals surface area contributed by atoms with E-state index in [0.29, 0.717) is 46.1 Å². The third kappa shape index (κ3) is 4.59. The van der Waals surface area contributed by atoms with Crippen molar-refractivity contribution >= 4 is 35.3 Å². The lowest BCUT2D eigenvalue weighted by Crippen LogP contribution is -2.24. The zero-order valence-corrected chi connectivity index (χ0v) is 15.4. The number of hydrogen-bond acceptors (Lipinski definition) is 5. The lowest BCUT2D eigenvalue weighted by Gasteiger charge is -2.19. The van der Waals surface area contributed by atoms with Gasteiger partial charge in [0.2, 0.25) is 0 Å². The van der Waals surface area contributed by atoms with Crippen LogP contribution in [0.25, 0.3) is 0 Å². The Morgan fingerprint density at radius 2 is 2.08 bits per heavy atom. The quantitative estimate of drug-likeness (QED) is 0.621. The molecule has 3 rings (SSSR count). The number of nitrogens with zero attached hydrogens (tertiary/aromatic N) is 1. The number of hydrazone groups is 1. The molecule has 0 saturated carbocycles. The van der Waals surface area contributed by atoms with Crippen LogP contribution in [0, 0.1) is 6.92 Å². The summed E-state index contributed by atoms with van der Waals surface area (Å²) in [6, 6.07) is 8.59. The van der Waals surface area contributed by atoms with Crippen LogP contribution >= 0.6 is 23.2 Å². The van der Waals surface area contributed by atoms with E-state index in [1.807, 2.05) is 6.92 Å². The van der Waals surface area contributed by atoms with Crippen LogP contribution in [0.15, 0.2) is 35.4 Å². The largest absolute Gasteiger partial charge is 0.486 e. The van der Waals surface area contributed by atoms with E-state index in [4.69, 9.17) is 37.4 Å². The molecule has 0 atom stereocenters. The van der Waals surface area contributed by atoms with E-state index in [0.717, 1.165) is 5.56 Å². The van der Waals surface area contributed by atoms with E-state index >= 15 is 0 Å². The molecule has 1 aliphatic rings. The molecule has 6 nitrogen and oxygen atoms in total. The molecule has 2 aromatic carbocycles. The maximum absolute atomic E-state index is 11.8. The van der Waals surface area contributed by atoms with Crippen LogP contribution in [-0.2, 0) is 4.79 Å². The zero-order valence-electron chi connectivity index (χ0n) is 13.9. The second-order valence-electron chi connectivity index (χ2n) is 5.52. The second-order valence-corrected chi connectivity index (χ2v) is 6.36. The van der Waals surface area contributed by atoms with Crippen molar-refractivity contribution in [1.82, 2.24) is 5.43 Å². The highest BCUT2D eigenvalue weighted by molar-refractivity contribution is 6.32. The van der Waals surface area contributed by atoms with E-state index in [1.165, 1.54) is 6.21 Å². The standard InChI is InChI=1S/C18H16Cl2N2O4/c1-11-6-13(19)2-3-15(11)26-10-17(23)22-21-9-12-7-14(20)18-16(8-12)24-4-5-25-18/h2-3,6-9H,4-5,10H2,1H3,(H,22,23)/b21-9-. The van der Waals surface area contributed by atoms with Gasteiger partial charge in [-0.25, -0.2) is 5.43 Å². The summed E-state index contributed by atoms with van der Waals surface area (Å²) in [6.07, 6.45) is 1.47. The van der Waals surface area contributed by atoms with Crippen molar-refractivity contribution in [3.8, 4) is 17.2 Å². The molecule has 0 unspecified atom stereocenters. The molecule has 136 valence electrons. The average molecular weight is 395 g/mol. The van der Waals surface area contributed by atoms with Gasteiger partial charge in [-0.15, -0.1) is 0 Å². The van der Waals surface area contributed by atoms with E-state index in [-0.39, 0.29) is 12.5 Å². The SMILES string of the molecule is Cc1cc(Cl)ccc1OCC(=O)N/N=C\c1cc(Cl)c2c(c1)OCCO2. The Morgan fingerprint density at radius 1 is 1.27 bits per heavy atom. The molecule has 0 aromatic heterocycles. The van der Waals surface area contributed by atoms with Gasteiger partial charge in [0.15, 0.2) is 18.1 Å². The Bertz CT molecular complexity index is 855. The van der Waals surface area contributed by atoms with Gasteiger partial charge < -0.3 is 14.2 Å². The number of carbonyl (C=O) groups is 1. The molecule has 0 aliphatic carbocycles. The highest BCUT2D eigenvalue weighted by atomic mass is 35.5. The van der Waals surface area contributed by atoms with Crippen LogP contribution in [0.5, 0.6) is 17.2 Å². The molecule has 1 amide bonds. The minimum absolute atomic E-state index is 0.165. The molecular formula is C18H16Cl2N2O4. The zero-order chi connectivity index (χ0) is 18.5. The van der Waals surface area contributed by atoms with Crippen molar-refractivity contribution in [2.75, 3.05) is 19.8 Å². The Kier molecular flexibility index (Phi) is 5.85. The summed E-state index contributed by atoms with van der Waals surface area (Å²) in [6.45, 7) is 2.61. The highest BCUT2D eigenvalue weighted by Crippen LogP contribution is 2.37. The third-order valence-corrected chi connectivity index (χ3v) is 4.03. The van der Waals surface area contributed by atoms with Crippen molar-refractivity contribution in [3.05, 3.63) is 51.5 Å². The summed E-state index contributed by atoms with van der Waals surface area (Å²) in [5.41, 5.74) is 3.92. The number of amides is 1. The van der Waals surface area contributed by atoms with Crippen LogP contribution in [-0.4, -0.2) is 31.9 Å². The molecule has 1 N–H and O–H groups in total. The fraction of sp³-hybridized carbons (Fsp3) is 0.222. The van der Waals surface area contributed by atoms with E-state index in [9.17, 15) is 4.79 Å². The number of fused-ring (bicyclic) bond motifs is 1. The molecule has 0 fully saturated rings. The van der Waals surface area contributed by atoms with E-state index in [1.54, 1.807) is 30.3 Å². The van der Waals surface area contributed by atoms with Crippen LogP contribution in [0.2, 0.25) is 10.0 Å². The predicted molar refractivity (Wildman–Crippen MR) is 99.9 cm³/mol. The summed E-state index contributed by atoms with van der Waals surface area (Å²) in [5, 5.41) is 4.94. The molecule has 0 saturated heterocycles. The van der Waals surface area contributed by atoms with Gasteiger partial charge in [0, 0.05) is 5.02 Å². The molecule has 0 spiro atoms. The van der Waals surface area contributed by atoms with Gasteiger partial charge in [0.25, 0.3) is 5.91 Å². The minimum atomic E-state index is -0.390. The topological polar surface area (TPSA) is 69.2 Å². The van der Waals surface area contributed by atoms with Crippen LogP contribution < -0.4 is 19.6 Å². The van der Waals surface area contributed by atoms with E-state index < -0.39 is 0 Å². The molecule has 0 bridgehead atoms. The van der Waals surface area contributed by atoms with Gasteiger partial charge in [0.1, 0.15) is 19.0 Å². The monoisotopic (exact) mass is 394 g/mol. The van der Waals surface area contributed by atoms with Crippen LogP contribution in [0.3, 0.4) is 0 Å². The van der Waals surface area contributed by atoms with Gasteiger partial charge in [-0.2, -0.15) is 5.10 Å². The lowest BCUT2D eigenvalue weighted by molar-refractivity contribution is -0.123. The maximum atomic E-state index is 11.8. The summed E-state index contributed by atoms with van der Waals surface area (Å²) >= 11 is 12.0. The Morgan fingerprint density at radius 3 is 2.88 bits per heavy atom. The van der Waals surface area contributed by atoms with Crippen molar-refractivity contribution in [2.45, 2.75) is 6.92 Å². The number of halogens is 2. The van der Waals surface area contributed by atoms with Gasteiger partial charge in [-0.3, -0.25) is 4.79 Å². The van der Waals surface area contributed by atoms with Crippen molar-refractivity contribution < 1.29 is 19.0 Å². The first-order chi connectivity index (χ1) is 12.5. The normalized spacial score (nSPS) is 12.9.